The van der Waals surface area contributed by atoms with Crippen LogP contribution in [0.5, 0.6) is 0 Å². The first kappa shape index (κ1) is 19.9. The van der Waals surface area contributed by atoms with E-state index in [4.69, 9.17) is 0 Å². The van der Waals surface area contributed by atoms with Crippen molar-refractivity contribution in [3.63, 3.8) is 0 Å². The molecule has 1 atom stereocenters. The van der Waals surface area contributed by atoms with E-state index in [-0.39, 0.29) is 11.5 Å². The van der Waals surface area contributed by atoms with Crippen LogP contribution in [0.4, 0.5) is 17.6 Å². The molecule has 2 aromatic heterocycles. The number of pyridine rings is 1. The Kier molecular flexibility index (Phi) is 5.13. The number of thioether (sulfide) groups is 1. The first-order valence-electron chi connectivity index (χ1n) is 9.02. The summed E-state index contributed by atoms with van der Waals surface area (Å²) in [6, 6.07) is 0.395. The first-order valence-corrected chi connectivity index (χ1v) is 10.2. The number of hydrogen-bond acceptors (Lipinski definition) is 5. The highest BCUT2D eigenvalue weighted by Crippen LogP contribution is 2.31. The van der Waals surface area contributed by atoms with Gasteiger partial charge >= 0.3 is 11.9 Å². The molecule has 156 valence electrons. The van der Waals surface area contributed by atoms with E-state index in [1.165, 1.54) is 4.57 Å². The third-order valence-electron chi connectivity index (χ3n) is 5.04. The molecular weight excluding hydrogens is 414 g/mol. The van der Waals surface area contributed by atoms with Crippen LogP contribution in [0.15, 0.2) is 17.1 Å². The standard InChI is InChI=1S/C17H17F4N5O2S/c18-13-10(4-5-22-14(13)17(19,20)21)8-25-16(28)26-11(2-1-3-12(26)23-25)15(27)24-6-7-29-9-24/h4-5,11H,1-3,6-9H2/t11-/m0/s1. The van der Waals surface area contributed by atoms with Crippen LogP contribution in [0.25, 0.3) is 0 Å². The molecule has 2 aliphatic rings. The van der Waals surface area contributed by atoms with Crippen molar-refractivity contribution >= 4 is 17.7 Å². The minimum atomic E-state index is -4.94. The van der Waals surface area contributed by atoms with Gasteiger partial charge in [-0.25, -0.2) is 18.9 Å². The molecule has 7 nitrogen and oxygen atoms in total. The van der Waals surface area contributed by atoms with Gasteiger partial charge < -0.3 is 4.90 Å². The summed E-state index contributed by atoms with van der Waals surface area (Å²) in [6.07, 6.45) is -2.48. The normalized spacial score (nSPS) is 19.4. The Labute approximate surface area is 166 Å². The topological polar surface area (TPSA) is 73.0 Å². The molecule has 0 spiro atoms. The molecule has 0 unspecified atom stereocenters. The number of aryl methyl sites for hydroxylation is 1. The molecule has 2 aromatic rings. The smallest absolute Gasteiger partial charge is 0.331 e. The molecule has 0 N–H and O–H groups in total. The Morgan fingerprint density at radius 3 is 2.83 bits per heavy atom. The van der Waals surface area contributed by atoms with Gasteiger partial charge in [0.1, 0.15) is 11.9 Å². The van der Waals surface area contributed by atoms with Crippen molar-refractivity contribution < 1.29 is 22.4 Å². The minimum Gasteiger partial charge on any atom is -0.331 e. The van der Waals surface area contributed by atoms with E-state index in [2.05, 4.69) is 10.1 Å². The molecule has 12 heteroatoms. The van der Waals surface area contributed by atoms with E-state index in [9.17, 15) is 27.2 Å². The monoisotopic (exact) mass is 431 g/mol. The number of fused-ring (bicyclic) bond motifs is 1. The number of carbonyl (C=O) groups is 1. The SMILES string of the molecule is O=C([C@@H]1CCCc2nn(Cc3ccnc(C(F)(F)F)c3F)c(=O)n21)N1CCSC1. The van der Waals surface area contributed by atoms with Gasteiger partial charge in [-0.15, -0.1) is 11.8 Å². The average Bonchev–Trinajstić information content (AvgIpc) is 3.31. The summed E-state index contributed by atoms with van der Waals surface area (Å²) in [4.78, 5) is 30.4. The Bertz CT molecular complexity index is 997. The predicted molar refractivity (Wildman–Crippen MR) is 95.8 cm³/mol. The van der Waals surface area contributed by atoms with Gasteiger partial charge in [-0.2, -0.15) is 18.3 Å². The number of nitrogens with zero attached hydrogens (tertiary/aromatic N) is 5. The predicted octanol–water partition coefficient (Wildman–Crippen LogP) is 2.06. The molecule has 4 heterocycles. The fourth-order valence-electron chi connectivity index (χ4n) is 3.63. The highest BCUT2D eigenvalue weighted by molar-refractivity contribution is 7.99. The van der Waals surface area contributed by atoms with Crippen molar-refractivity contribution in [3.8, 4) is 0 Å². The summed E-state index contributed by atoms with van der Waals surface area (Å²) in [7, 11) is 0. The molecular formula is C17H17F4N5O2S. The number of halogens is 4. The number of rotatable bonds is 3. The highest BCUT2D eigenvalue weighted by Gasteiger charge is 2.38. The van der Waals surface area contributed by atoms with Crippen molar-refractivity contribution in [2.24, 2.45) is 0 Å². The number of carbonyl (C=O) groups excluding carboxylic acids is 1. The summed E-state index contributed by atoms with van der Waals surface area (Å²) in [5, 5.41) is 4.16. The van der Waals surface area contributed by atoms with Gasteiger partial charge in [-0.05, 0) is 18.9 Å². The van der Waals surface area contributed by atoms with Crippen LogP contribution >= 0.6 is 11.8 Å². The zero-order valence-corrected chi connectivity index (χ0v) is 16.0. The van der Waals surface area contributed by atoms with E-state index in [1.807, 2.05) is 0 Å². The summed E-state index contributed by atoms with van der Waals surface area (Å²) >= 11 is 1.63. The molecule has 0 saturated carbocycles. The first-order chi connectivity index (χ1) is 13.8. The molecule has 4 rings (SSSR count). The third kappa shape index (κ3) is 3.65. The maximum Gasteiger partial charge on any atom is 0.436 e. The van der Waals surface area contributed by atoms with Crippen LogP contribution in [-0.2, 0) is 23.9 Å². The maximum atomic E-state index is 14.3. The molecule has 0 aromatic carbocycles. The summed E-state index contributed by atoms with van der Waals surface area (Å²) in [6.45, 7) is 0.136. The molecule has 1 amide bonds. The zero-order valence-electron chi connectivity index (χ0n) is 15.2. The van der Waals surface area contributed by atoms with Gasteiger partial charge in [0, 0.05) is 30.5 Å². The summed E-state index contributed by atoms with van der Waals surface area (Å²) < 4.78 is 55.2. The van der Waals surface area contributed by atoms with Crippen molar-refractivity contribution in [1.29, 1.82) is 0 Å². The third-order valence-corrected chi connectivity index (χ3v) is 6.00. The van der Waals surface area contributed by atoms with E-state index in [0.717, 1.165) is 22.7 Å². The second-order valence-electron chi connectivity index (χ2n) is 6.90. The summed E-state index contributed by atoms with van der Waals surface area (Å²) in [5.41, 5.74) is -2.61. The minimum absolute atomic E-state index is 0.160. The molecule has 1 saturated heterocycles. The van der Waals surface area contributed by atoms with Gasteiger partial charge in [-0.3, -0.25) is 9.36 Å². The lowest BCUT2D eigenvalue weighted by atomic mass is 10.0. The van der Waals surface area contributed by atoms with Crippen molar-refractivity contribution in [2.45, 2.75) is 38.0 Å². The Balaban J connectivity index is 1.67. The number of amides is 1. The van der Waals surface area contributed by atoms with Crippen LogP contribution in [0.3, 0.4) is 0 Å². The van der Waals surface area contributed by atoms with Gasteiger partial charge in [0.2, 0.25) is 5.91 Å². The molecule has 29 heavy (non-hydrogen) atoms. The number of hydrogen-bond donors (Lipinski definition) is 0. The molecule has 0 bridgehead atoms. The lowest BCUT2D eigenvalue weighted by Crippen LogP contribution is -2.41. The highest BCUT2D eigenvalue weighted by atomic mass is 32.2. The Morgan fingerprint density at radius 1 is 1.34 bits per heavy atom. The lowest BCUT2D eigenvalue weighted by molar-refractivity contribution is -0.143. The molecule has 1 fully saturated rings. The van der Waals surface area contributed by atoms with Crippen LogP contribution in [-0.4, -0.2) is 48.3 Å². The fourth-order valence-corrected chi connectivity index (χ4v) is 4.59. The van der Waals surface area contributed by atoms with Crippen molar-refractivity contribution in [3.05, 3.63) is 45.6 Å². The zero-order chi connectivity index (χ0) is 20.8. The Morgan fingerprint density at radius 2 is 2.14 bits per heavy atom. The fraction of sp³-hybridized carbons (Fsp3) is 0.529. The quantitative estimate of drug-likeness (QED) is 0.696. The second-order valence-corrected chi connectivity index (χ2v) is 7.98. The molecule has 0 radical (unpaired) electrons. The van der Waals surface area contributed by atoms with E-state index >= 15 is 0 Å². The van der Waals surface area contributed by atoms with E-state index in [0.29, 0.717) is 37.5 Å². The van der Waals surface area contributed by atoms with E-state index in [1.54, 1.807) is 16.7 Å². The van der Waals surface area contributed by atoms with Crippen LogP contribution in [0.2, 0.25) is 0 Å². The summed E-state index contributed by atoms with van der Waals surface area (Å²) in [5.74, 6) is 0.0989. The average molecular weight is 431 g/mol. The molecule has 0 aliphatic carbocycles. The maximum absolute atomic E-state index is 14.3. The van der Waals surface area contributed by atoms with Crippen molar-refractivity contribution in [1.82, 2.24) is 24.2 Å². The van der Waals surface area contributed by atoms with Crippen LogP contribution < -0.4 is 5.69 Å². The second kappa shape index (κ2) is 7.47. The largest absolute Gasteiger partial charge is 0.436 e. The molecule has 2 aliphatic heterocycles. The lowest BCUT2D eigenvalue weighted by Gasteiger charge is -2.26. The Hall–Kier alpha value is -2.37. The van der Waals surface area contributed by atoms with E-state index < -0.39 is 36.0 Å². The van der Waals surface area contributed by atoms with Gasteiger partial charge in [-0.1, -0.05) is 0 Å². The number of aromatic nitrogens is 4. The van der Waals surface area contributed by atoms with Crippen molar-refractivity contribution in [2.75, 3.05) is 18.2 Å². The van der Waals surface area contributed by atoms with Gasteiger partial charge in [0.15, 0.2) is 11.5 Å². The number of alkyl halides is 3. The van der Waals surface area contributed by atoms with Gasteiger partial charge in [0.05, 0.1) is 12.4 Å². The van der Waals surface area contributed by atoms with Crippen LogP contribution in [0, 0.1) is 5.82 Å². The van der Waals surface area contributed by atoms with Crippen LogP contribution in [0.1, 0.15) is 36.0 Å². The van der Waals surface area contributed by atoms with Gasteiger partial charge in [0.25, 0.3) is 0 Å².